The van der Waals surface area contributed by atoms with Crippen LogP contribution in [0.2, 0.25) is 0 Å². The van der Waals surface area contributed by atoms with Crippen LogP contribution in [0.3, 0.4) is 0 Å². The van der Waals surface area contributed by atoms with Crippen LogP contribution in [0.1, 0.15) is 24.0 Å². The van der Waals surface area contributed by atoms with Gasteiger partial charge in [0.25, 0.3) is 0 Å². The van der Waals surface area contributed by atoms with Crippen molar-refractivity contribution >= 4 is 5.78 Å². The van der Waals surface area contributed by atoms with Crippen LogP contribution in [0.4, 0.5) is 0 Å². The lowest BCUT2D eigenvalue weighted by Gasteiger charge is -2.39. The third-order valence-corrected chi connectivity index (χ3v) is 3.67. The summed E-state index contributed by atoms with van der Waals surface area (Å²) in [5.74, 6) is 0.225. The number of nitrogens with zero attached hydrogens (tertiary/aromatic N) is 1. The van der Waals surface area contributed by atoms with E-state index in [0.717, 1.165) is 25.2 Å². The lowest BCUT2D eigenvalue weighted by atomic mass is 9.93. The van der Waals surface area contributed by atoms with Crippen LogP contribution in [0.15, 0.2) is 24.3 Å². The van der Waals surface area contributed by atoms with Crippen molar-refractivity contribution in [1.82, 2.24) is 4.90 Å². The van der Waals surface area contributed by atoms with Crippen LogP contribution in [-0.2, 0) is 9.53 Å². The molecule has 0 aliphatic carbocycles. The summed E-state index contributed by atoms with van der Waals surface area (Å²) in [6, 6.07) is 8.27. The molecule has 98 valence electrons. The highest BCUT2D eigenvalue weighted by atomic mass is 16.5. The first-order chi connectivity index (χ1) is 8.60. The van der Waals surface area contributed by atoms with Gasteiger partial charge in [0, 0.05) is 26.7 Å². The molecule has 0 radical (unpaired) electrons. The predicted molar refractivity (Wildman–Crippen MR) is 71.8 cm³/mol. The number of carbonyl (C=O) groups excluding carboxylic acids is 1. The highest BCUT2D eigenvalue weighted by molar-refractivity contribution is 5.83. The third-order valence-electron chi connectivity index (χ3n) is 3.67. The zero-order valence-electron chi connectivity index (χ0n) is 11.3. The van der Waals surface area contributed by atoms with Crippen molar-refractivity contribution in [3.05, 3.63) is 35.4 Å². The molecule has 2 rings (SSSR count). The number of aryl methyl sites for hydroxylation is 1. The SMILES string of the molecule is COC1CN(C[C@@H](C(C)=O)c2ccc(C)cc2)C1. The average molecular weight is 247 g/mol. The van der Waals surface area contributed by atoms with Gasteiger partial charge in [-0.2, -0.15) is 0 Å². The Morgan fingerprint density at radius 3 is 2.50 bits per heavy atom. The van der Waals surface area contributed by atoms with Gasteiger partial charge in [0.1, 0.15) is 5.78 Å². The zero-order chi connectivity index (χ0) is 13.1. The molecule has 1 aromatic rings. The number of methoxy groups -OCH3 is 1. The molecule has 1 aliphatic heterocycles. The molecule has 0 N–H and O–H groups in total. The molecule has 0 aromatic heterocycles. The van der Waals surface area contributed by atoms with Crippen LogP contribution in [0, 0.1) is 6.92 Å². The monoisotopic (exact) mass is 247 g/mol. The van der Waals surface area contributed by atoms with Gasteiger partial charge in [-0.05, 0) is 19.4 Å². The molecule has 0 spiro atoms. The number of Topliss-reactive ketones (excluding diaryl/α,β-unsaturated/α-hetero) is 1. The molecular weight excluding hydrogens is 226 g/mol. The summed E-state index contributed by atoms with van der Waals surface area (Å²) >= 11 is 0. The molecule has 1 saturated heterocycles. The minimum atomic E-state index is -0.0107. The molecule has 1 heterocycles. The van der Waals surface area contributed by atoms with E-state index in [4.69, 9.17) is 4.74 Å². The average Bonchev–Trinajstić information content (AvgIpc) is 2.29. The van der Waals surface area contributed by atoms with Crippen molar-refractivity contribution in [3.8, 4) is 0 Å². The lowest BCUT2D eigenvalue weighted by Crippen LogP contribution is -2.53. The van der Waals surface area contributed by atoms with Crippen LogP contribution in [-0.4, -0.2) is 43.5 Å². The summed E-state index contributed by atoms with van der Waals surface area (Å²) in [5, 5.41) is 0. The summed E-state index contributed by atoms with van der Waals surface area (Å²) in [6.07, 6.45) is 0.343. The van der Waals surface area contributed by atoms with Gasteiger partial charge in [0.05, 0.1) is 12.0 Å². The normalized spacial score (nSPS) is 18.4. The fraction of sp³-hybridized carbons (Fsp3) is 0.533. The molecule has 1 fully saturated rings. The Morgan fingerprint density at radius 2 is 2.00 bits per heavy atom. The first-order valence-electron chi connectivity index (χ1n) is 6.42. The van der Waals surface area contributed by atoms with Crippen LogP contribution < -0.4 is 0 Å². The topological polar surface area (TPSA) is 29.5 Å². The number of rotatable bonds is 5. The van der Waals surface area contributed by atoms with Crippen LogP contribution >= 0.6 is 0 Å². The Labute approximate surface area is 109 Å². The second-order valence-electron chi connectivity index (χ2n) is 5.15. The second kappa shape index (κ2) is 5.63. The largest absolute Gasteiger partial charge is 0.379 e. The first-order valence-corrected chi connectivity index (χ1v) is 6.42. The zero-order valence-corrected chi connectivity index (χ0v) is 11.3. The van der Waals surface area contributed by atoms with Gasteiger partial charge in [0.15, 0.2) is 0 Å². The van der Waals surface area contributed by atoms with Gasteiger partial charge in [-0.1, -0.05) is 29.8 Å². The Morgan fingerprint density at radius 1 is 1.39 bits per heavy atom. The van der Waals surface area contributed by atoms with E-state index in [2.05, 4.69) is 36.1 Å². The van der Waals surface area contributed by atoms with Crippen molar-refractivity contribution in [2.45, 2.75) is 25.9 Å². The van der Waals surface area contributed by atoms with E-state index in [0.29, 0.717) is 6.10 Å². The molecule has 0 saturated carbocycles. The Kier molecular flexibility index (Phi) is 4.15. The summed E-state index contributed by atoms with van der Waals surface area (Å²) in [7, 11) is 1.74. The smallest absolute Gasteiger partial charge is 0.138 e. The maximum Gasteiger partial charge on any atom is 0.138 e. The molecule has 0 bridgehead atoms. The number of carbonyl (C=O) groups is 1. The second-order valence-corrected chi connectivity index (χ2v) is 5.15. The van der Waals surface area contributed by atoms with E-state index in [1.165, 1.54) is 5.56 Å². The number of benzene rings is 1. The van der Waals surface area contributed by atoms with E-state index in [9.17, 15) is 4.79 Å². The Hall–Kier alpha value is -1.19. The molecule has 3 nitrogen and oxygen atoms in total. The number of likely N-dealkylation sites (tertiary alicyclic amines) is 1. The van der Waals surface area contributed by atoms with Crippen molar-refractivity contribution in [2.24, 2.45) is 0 Å². The van der Waals surface area contributed by atoms with Gasteiger partial charge in [-0.3, -0.25) is 9.69 Å². The van der Waals surface area contributed by atoms with Crippen molar-refractivity contribution in [3.63, 3.8) is 0 Å². The first kappa shape index (κ1) is 13.2. The molecule has 1 aromatic carbocycles. The van der Waals surface area contributed by atoms with E-state index in [1.54, 1.807) is 14.0 Å². The van der Waals surface area contributed by atoms with Crippen molar-refractivity contribution < 1.29 is 9.53 Å². The standard InChI is InChI=1S/C15H21NO2/c1-11-4-6-13(7-5-11)15(12(2)17)10-16-8-14(9-16)18-3/h4-7,14-15H,8-10H2,1-3H3/t15-/m0/s1. The van der Waals surface area contributed by atoms with E-state index in [-0.39, 0.29) is 11.7 Å². The summed E-state index contributed by atoms with van der Waals surface area (Å²) in [4.78, 5) is 14.1. The van der Waals surface area contributed by atoms with Crippen LogP contribution in [0.25, 0.3) is 0 Å². The molecule has 18 heavy (non-hydrogen) atoms. The van der Waals surface area contributed by atoms with Crippen LogP contribution in [0.5, 0.6) is 0 Å². The fourth-order valence-electron chi connectivity index (χ4n) is 2.35. The van der Waals surface area contributed by atoms with Gasteiger partial charge in [-0.25, -0.2) is 0 Å². The minimum Gasteiger partial charge on any atom is -0.379 e. The number of hydrogen-bond acceptors (Lipinski definition) is 3. The highest BCUT2D eigenvalue weighted by Crippen LogP contribution is 2.22. The predicted octanol–water partition coefficient (Wildman–Crippen LogP) is 2.00. The third kappa shape index (κ3) is 2.98. The summed E-state index contributed by atoms with van der Waals surface area (Å²) < 4.78 is 5.25. The number of ether oxygens (including phenoxy) is 1. The minimum absolute atomic E-state index is 0.0107. The van der Waals surface area contributed by atoms with E-state index < -0.39 is 0 Å². The van der Waals surface area contributed by atoms with Gasteiger partial charge in [-0.15, -0.1) is 0 Å². The van der Waals surface area contributed by atoms with Gasteiger partial charge in [0.2, 0.25) is 0 Å². The molecule has 1 atom stereocenters. The summed E-state index contributed by atoms with van der Waals surface area (Å²) in [5.41, 5.74) is 2.35. The maximum absolute atomic E-state index is 11.8. The Bertz CT molecular complexity index is 407. The lowest BCUT2D eigenvalue weighted by molar-refractivity contribution is -0.120. The fourth-order valence-corrected chi connectivity index (χ4v) is 2.35. The molecule has 0 unspecified atom stereocenters. The van der Waals surface area contributed by atoms with Crippen molar-refractivity contribution in [1.29, 1.82) is 0 Å². The quantitative estimate of drug-likeness (QED) is 0.797. The van der Waals surface area contributed by atoms with Gasteiger partial charge < -0.3 is 4.74 Å². The van der Waals surface area contributed by atoms with Gasteiger partial charge >= 0.3 is 0 Å². The molecule has 0 amide bonds. The number of hydrogen-bond donors (Lipinski definition) is 0. The number of ketones is 1. The molecule has 1 aliphatic rings. The Balaban J connectivity index is 2.01. The van der Waals surface area contributed by atoms with E-state index in [1.807, 2.05) is 0 Å². The molecule has 3 heteroatoms. The highest BCUT2D eigenvalue weighted by Gasteiger charge is 2.30. The van der Waals surface area contributed by atoms with E-state index >= 15 is 0 Å². The van der Waals surface area contributed by atoms with Crippen molar-refractivity contribution in [2.75, 3.05) is 26.7 Å². The summed E-state index contributed by atoms with van der Waals surface area (Å²) in [6.45, 7) is 6.42. The molecular formula is C15H21NO2. The maximum atomic E-state index is 11.8.